The summed E-state index contributed by atoms with van der Waals surface area (Å²) in [5.41, 5.74) is 2.55. The summed E-state index contributed by atoms with van der Waals surface area (Å²) in [5, 5.41) is 10.1. The smallest absolute Gasteiger partial charge is 0.224 e. The van der Waals surface area contributed by atoms with Crippen LogP contribution in [0.15, 0.2) is 36.5 Å². The van der Waals surface area contributed by atoms with Crippen LogP contribution in [0.4, 0.5) is 17.5 Å². The van der Waals surface area contributed by atoms with Crippen molar-refractivity contribution in [2.45, 2.75) is 50.5 Å². The molecule has 2 aromatic rings. The van der Waals surface area contributed by atoms with Crippen molar-refractivity contribution in [2.24, 2.45) is 0 Å². The molecule has 132 valence electrons. The highest BCUT2D eigenvalue weighted by Crippen LogP contribution is 2.33. The highest BCUT2D eigenvalue weighted by Gasteiger charge is 2.16. The van der Waals surface area contributed by atoms with Gasteiger partial charge in [0.05, 0.1) is 0 Å². The van der Waals surface area contributed by atoms with E-state index in [1.54, 1.807) is 6.20 Å². The van der Waals surface area contributed by atoms with E-state index in [9.17, 15) is 0 Å². The van der Waals surface area contributed by atoms with Crippen LogP contribution >= 0.6 is 0 Å². The van der Waals surface area contributed by atoms with Crippen LogP contribution < -0.4 is 16.0 Å². The Bertz CT molecular complexity index is 673. The Morgan fingerprint density at radius 3 is 2.56 bits per heavy atom. The molecule has 3 N–H and O–H groups in total. The Labute approximate surface area is 149 Å². The van der Waals surface area contributed by atoms with E-state index < -0.39 is 0 Å². The number of benzene rings is 1. The third-order valence-corrected chi connectivity index (χ3v) is 5.31. The maximum absolute atomic E-state index is 4.58. The average Bonchev–Trinajstić information content (AvgIpc) is 3.16. The van der Waals surface area contributed by atoms with Crippen molar-refractivity contribution in [3.63, 3.8) is 0 Å². The van der Waals surface area contributed by atoms with Crippen LogP contribution in [0.2, 0.25) is 0 Å². The van der Waals surface area contributed by atoms with Gasteiger partial charge in [-0.25, -0.2) is 4.98 Å². The zero-order chi connectivity index (χ0) is 16.9. The third-order valence-electron chi connectivity index (χ3n) is 5.31. The summed E-state index contributed by atoms with van der Waals surface area (Å²) >= 11 is 0. The fourth-order valence-corrected chi connectivity index (χ4v) is 3.88. The zero-order valence-corrected chi connectivity index (χ0v) is 14.7. The van der Waals surface area contributed by atoms with Gasteiger partial charge in [0.25, 0.3) is 0 Å². The largest absolute Gasteiger partial charge is 0.350 e. The first kappa shape index (κ1) is 16.3. The average molecular weight is 337 g/mol. The molecule has 0 radical (unpaired) electrons. The Morgan fingerprint density at radius 2 is 1.80 bits per heavy atom. The molecule has 4 rings (SSSR count). The lowest BCUT2D eigenvalue weighted by atomic mass is 9.84. The van der Waals surface area contributed by atoms with Crippen molar-refractivity contribution in [2.75, 3.05) is 23.7 Å². The second-order valence-electron chi connectivity index (χ2n) is 7.18. The number of aromatic nitrogens is 2. The van der Waals surface area contributed by atoms with Crippen LogP contribution in [0.3, 0.4) is 0 Å². The van der Waals surface area contributed by atoms with Gasteiger partial charge >= 0.3 is 0 Å². The molecule has 2 heterocycles. The molecule has 0 amide bonds. The van der Waals surface area contributed by atoms with Crippen molar-refractivity contribution in [3.8, 4) is 0 Å². The summed E-state index contributed by atoms with van der Waals surface area (Å²) in [6.45, 7) is 2.03. The van der Waals surface area contributed by atoms with Crippen molar-refractivity contribution >= 4 is 17.5 Å². The highest BCUT2D eigenvalue weighted by molar-refractivity contribution is 5.57. The van der Waals surface area contributed by atoms with Gasteiger partial charge in [0, 0.05) is 24.5 Å². The molecule has 5 nitrogen and oxygen atoms in total. The highest BCUT2D eigenvalue weighted by atomic mass is 15.2. The topological polar surface area (TPSA) is 61.9 Å². The summed E-state index contributed by atoms with van der Waals surface area (Å²) in [5.74, 6) is 2.27. The summed E-state index contributed by atoms with van der Waals surface area (Å²) in [7, 11) is 0. The summed E-state index contributed by atoms with van der Waals surface area (Å²) in [4.78, 5) is 8.91. The number of nitrogens with one attached hydrogen (secondary N) is 3. The molecule has 0 spiro atoms. The van der Waals surface area contributed by atoms with Gasteiger partial charge in [0.1, 0.15) is 5.82 Å². The summed E-state index contributed by atoms with van der Waals surface area (Å²) in [6.07, 6.45) is 9.74. The monoisotopic (exact) mass is 337 g/mol. The Kier molecular flexibility index (Phi) is 5.11. The SMILES string of the molecule is c1cc(Nc2ccc(C3CCCCC3)cc2)nc(NC2CCNC2)n1. The number of hydrogen-bond donors (Lipinski definition) is 3. The number of rotatable bonds is 5. The van der Waals surface area contributed by atoms with Gasteiger partial charge < -0.3 is 16.0 Å². The van der Waals surface area contributed by atoms with Crippen molar-refractivity contribution < 1.29 is 0 Å². The number of nitrogens with zero attached hydrogens (tertiary/aromatic N) is 2. The molecule has 1 aromatic carbocycles. The van der Waals surface area contributed by atoms with Gasteiger partial charge in [-0.05, 0) is 55.5 Å². The van der Waals surface area contributed by atoms with Gasteiger partial charge in [0.15, 0.2) is 0 Å². The molecule has 2 aliphatic rings. The summed E-state index contributed by atoms with van der Waals surface area (Å²) < 4.78 is 0. The van der Waals surface area contributed by atoms with Crippen molar-refractivity contribution in [3.05, 3.63) is 42.1 Å². The van der Waals surface area contributed by atoms with Gasteiger partial charge in [-0.1, -0.05) is 31.4 Å². The maximum Gasteiger partial charge on any atom is 0.224 e. The minimum absolute atomic E-state index is 0.421. The Balaban J connectivity index is 1.39. The minimum atomic E-state index is 0.421. The molecule has 1 aromatic heterocycles. The number of hydrogen-bond acceptors (Lipinski definition) is 5. The van der Waals surface area contributed by atoms with E-state index in [1.165, 1.54) is 37.7 Å². The molecule has 25 heavy (non-hydrogen) atoms. The normalized spacial score (nSPS) is 21.2. The quantitative estimate of drug-likeness (QED) is 0.768. The summed E-state index contributed by atoms with van der Waals surface area (Å²) in [6, 6.07) is 11.2. The Hall–Kier alpha value is -2.14. The molecule has 5 heteroatoms. The van der Waals surface area contributed by atoms with Gasteiger partial charge in [0.2, 0.25) is 5.95 Å². The molecule has 1 unspecified atom stereocenters. The van der Waals surface area contributed by atoms with Crippen LogP contribution in [0, 0.1) is 0 Å². The van der Waals surface area contributed by atoms with Crippen LogP contribution in [0.1, 0.15) is 50.0 Å². The van der Waals surface area contributed by atoms with E-state index in [4.69, 9.17) is 0 Å². The molecular formula is C20H27N5. The lowest BCUT2D eigenvalue weighted by Crippen LogP contribution is -2.23. The maximum atomic E-state index is 4.58. The van der Waals surface area contributed by atoms with Gasteiger partial charge in [-0.15, -0.1) is 0 Å². The van der Waals surface area contributed by atoms with E-state index in [-0.39, 0.29) is 0 Å². The van der Waals surface area contributed by atoms with Crippen LogP contribution in [-0.2, 0) is 0 Å². The van der Waals surface area contributed by atoms with E-state index >= 15 is 0 Å². The van der Waals surface area contributed by atoms with Crippen LogP contribution in [0.5, 0.6) is 0 Å². The van der Waals surface area contributed by atoms with Crippen molar-refractivity contribution in [1.29, 1.82) is 0 Å². The third kappa shape index (κ3) is 4.28. The fourth-order valence-electron chi connectivity index (χ4n) is 3.88. The van der Waals surface area contributed by atoms with Gasteiger partial charge in [-0.3, -0.25) is 0 Å². The molecular weight excluding hydrogens is 310 g/mol. The molecule has 1 atom stereocenters. The van der Waals surface area contributed by atoms with E-state index in [0.717, 1.165) is 36.9 Å². The van der Waals surface area contributed by atoms with Crippen LogP contribution in [0.25, 0.3) is 0 Å². The number of anilines is 3. The zero-order valence-electron chi connectivity index (χ0n) is 14.7. The second-order valence-corrected chi connectivity index (χ2v) is 7.18. The van der Waals surface area contributed by atoms with Crippen molar-refractivity contribution in [1.82, 2.24) is 15.3 Å². The first-order valence-electron chi connectivity index (χ1n) is 9.54. The molecule has 1 aliphatic heterocycles. The lowest BCUT2D eigenvalue weighted by molar-refractivity contribution is 0.443. The fraction of sp³-hybridized carbons (Fsp3) is 0.500. The second kappa shape index (κ2) is 7.83. The molecule has 1 saturated carbocycles. The predicted molar refractivity (Wildman–Crippen MR) is 102 cm³/mol. The van der Waals surface area contributed by atoms with E-state index in [1.807, 2.05) is 6.07 Å². The van der Waals surface area contributed by atoms with Crippen LogP contribution in [-0.4, -0.2) is 29.1 Å². The predicted octanol–water partition coefficient (Wildman–Crippen LogP) is 4.04. The molecule has 1 saturated heterocycles. The van der Waals surface area contributed by atoms with E-state index in [2.05, 4.69) is 50.2 Å². The standard InChI is InChI=1S/C20H27N5/c1-2-4-15(5-3-1)16-6-8-17(9-7-16)23-19-11-13-22-20(25-19)24-18-10-12-21-14-18/h6-9,11,13,15,18,21H,1-5,10,12,14H2,(H2,22,23,24,25). The first-order chi connectivity index (χ1) is 12.4. The first-order valence-corrected chi connectivity index (χ1v) is 9.54. The minimum Gasteiger partial charge on any atom is -0.350 e. The van der Waals surface area contributed by atoms with E-state index in [0.29, 0.717) is 12.0 Å². The van der Waals surface area contributed by atoms with Gasteiger partial charge in [-0.2, -0.15) is 4.98 Å². The Morgan fingerprint density at radius 1 is 0.960 bits per heavy atom. The lowest BCUT2D eigenvalue weighted by Gasteiger charge is -2.22. The molecule has 1 aliphatic carbocycles. The molecule has 2 fully saturated rings. The molecule has 0 bridgehead atoms.